The fraction of sp³-hybridized carbons (Fsp3) is 0.0698. The van der Waals surface area contributed by atoms with Gasteiger partial charge in [0.1, 0.15) is 0 Å². The van der Waals surface area contributed by atoms with Gasteiger partial charge >= 0.3 is 0 Å². The Morgan fingerprint density at radius 2 is 1.02 bits per heavy atom. The first-order valence-electron chi connectivity index (χ1n) is 15.4. The van der Waals surface area contributed by atoms with Crippen molar-refractivity contribution in [2.75, 3.05) is 4.90 Å². The minimum atomic E-state index is -0.159. The molecule has 0 fully saturated rings. The van der Waals surface area contributed by atoms with E-state index in [1.54, 1.807) is 0 Å². The van der Waals surface area contributed by atoms with Crippen LogP contribution in [0.5, 0.6) is 0 Å². The minimum Gasteiger partial charge on any atom is -0.310 e. The molecule has 0 saturated heterocycles. The minimum absolute atomic E-state index is 0.159. The maximum Gasteiger partial charge on any atom is 0.0474 e. The van der Waals surface area contributed by atoms with Gasteiger partial charge in [-0.3, -0.25) is 0 Å². The van der Waals surface area contributed by atoms with Crippen LogP contribution < -0.4 is 4.90 Å². The molecule has 0 saturated carbocycles. The molecule has 1 heteroatoms. The van der Waals surface area contributed by atoms with Crippen LogP contribution in [0.2, 0.25) is 0 Å². The maximum atomic E-state index is 2.43. The van der Waals surface area contributed by atoms with Crippen molar-refractivity contribution in [2.24, 2.45) is 0 Å². The van der Waals surface area contributed by atoms with E-state index in [2.05, 4.69) is 183 Å². The molecular formula is C43H33N. The molecule has 0 N–H and O–H groups in total. The third kappa shape index (κ3) is 4.24. The Bertz CT molecular complexity index is 2130. The topological polar surface area (TPSA) is 3.24 Å². The highest BCUT2D eigenvalue weighted by molar-refractivity contribution is 6.01. The maximum absolute atomic E-state index is 2.43. The van der Waals surface area contributed by atoms with Gasteiger partial charge in [-0.2, -0.15) is 0 Å². The lowest BCUT2D eigenvalue weighted by atomic mass is 9.78. The van der Waals surface area contributed by atoms with Crippen molar-refractivity contribution < 1.29 is 0 Å². The van der Waals surface area contributed by atoms with Gasteiger partial charge in [-0.15, -0.1) is 0 Å². The van der Waals surface area contributed by atoms with Crippen LogP contribution in [0.1, 0.15) is 25.0 Å². The first kappa shape index (κ1) is 26.2. The Balaban J connectivity index is 1.33. The predicted octanol–water partition coefficient (Wildman–Crippen LogP) is 11.9. The van der Waals surface area contributed by atoms with Gasteiger partial charge in [-0.25, -0.2) is 0 Å². The van der Waals surface area contributed by atoms with E-state index in [4.69, 9.17) is 0 Å². The van der Waals surface area contributed by atoms with Gasteiger partial charge in [0, 0.05) is 22.5 Å². The molecule has 0 unspecified atom stereocenters. The summed E-state index contributed by atoms with van der Waals surface area (Å²) in [6.45, 7) is 4.76. The zero-order valence-electron chi connectivity index (χ0n) is 25.0. The monoisotopic (exact) mass is 563 g/mol. The molecule has 7 aromatic carbocycles. The van der Waals surface area contributed by atoms with E-state index in [1.807, 2.05) is 0 Å². The fourth-order valence-corrected chi connectivity index (χ4v) is 7.17. The Hall–Kier alpha value is -5.40. The molecule has 0 atom stereocenters. The second-order valence-corrected chi connectivity index (χ2v) is 12.2. The molecule has 0 heterocycles. The van der Waals surface area contributed by atoms with Crippen LogP contribution in [0.15, 0.2) is 164 Å². The average molecular weight is 564 g/mol. The highest BCUT2D eigenvalue weighted by Gasteiger charge is 2.38. The second-order valence-electron chi connectivity index (χ2n) is 12.2. The van der Waals surface area contributed by atoms with Gasteiger partial charge in [0.15, 0.2) is 0 Å². The van der Waals surface area contributed by atoms with Crippen LogP contribution in [0.25, 0.3) is 44.2 Å². The largest absolute Gasteiger partial charge is 0.310 e. The summed E-state index contributed by atoms with van der Waals surface area (Å²) in [5, 5.41) is 2.49. The van der Waals surface area contributed by atoms with Crippen molar-refractivity contribution in [3.05, 3.63) is 175 Å². The SMILES string of the molecule is CC1(C)c2cc(N(c3ccccc3)c3cc(-c4ccccc4)c4ccccc4c3)ccc2-c2cccc(-c3ccccc3)c21. The molecule has 0 bridgehead atoms. The third-order valence-corrected chi connectivity index (χ3v) is 9.20. The van der Waals surface area contributed by atoms with Crippen LogP contribution in [0, 0.1) is 0 Å². The molecule has 210 valence electrons. The van der Waals surface area contributed by atoms with E-state index in [0.717, 1.165) is 17.1 Å². The van der Waals surface area contributed by atoms with Crippen LogP contribution in [-0.4, -0.2) is 0 Å². The fourth-order valence-electron chi connectivity index (χ4n) is 7.17. The highest BCUT2D eigenvalue weighted by atomic mass is 15.1. The molecule has 0 amide bonds. The summed E-state index contributed by atoms with van der Waals surface area (Å²) >= 11 is 0. The second kappa shape index (κ2) is 10.4. The number of hydrogen-bond acceptors (Lipinski definition) is 1. The molecule has 0 aromatic heterocycles. The van der Waals surface area contributed by atoms with Crippen molar-refractivity contribution in [2.45, 2.75) is 19.3 Å². The first-order valence-corrected chi connectivity index (χ1v) is 15.4. The smallest absolute Gasteiger partial charge is 0.0474 e. The molecular weight excluding hydrogens is 530 g/mol. The molecule has 0 aliphatic heterocycles. The van der Waals surface area contributed by atoms with E-state index in [0.29, 0.717) is 0 Å². The molecule has 1 nitrogen and oxygen atoms in total. The van der Waals surface area contributed by atoms with E-state index in [1.165, 1.54) is 55.3 Å². The van der Waals surface area contributed by atoms with Gasteiger partial charge in [0.2, 0.25) is 0 Å². The number of hydrogen-bond donors (Lipinski definition) is 0. The van der Waals surface area contributed by atoms with E-state index >= 15 is 0 Å². The van der Waals surface area contributed by atoms with Crippen LogP contribution in [0.3, 0.4) is 0 Å². The number of benzene rings is 7. The zero-order valence-corrected chi connectivity index (χ0v) is 25.0. The molecule has 0 radical (unpaired) electrons. The van der Waals surface area contributed by atoms with Crippen LogP contribution in [-0.2, 0) is 5.41 Å². The molecule has 7 aromatic rings. The molecule has 8 rings (SSSR count). The van der Waals surface area contributed by atoms with Gasteiger partial charge in [-0.1, -0.05) is 141 Å². The van der Waals surface area contributed by atoms with E-state index in [9.17, 15) is 0 Å². The first-order chi connectivity index (χ1) is 21.6. The van der Waals surface area contributed by atoms with E-state index < -0.39 is 0 Å². The summed E-state index contributed by atoms with van der Waals surface area (Å²) in [6.07, 6.45) is 0. The normalized spacial score (nSPS) is 13.0. The number of fused-ring (bicyclic) bond motifs is 4. The van der Waals surface area contributed by atoms with Crippen molar-refractivity contribution in [1.82, 2.24) is 0 Å². The van der Waals surface area contributed by atoms with Crippen molar-refractivity contribution in [3.8, 4) is 33.4 Å². The van der Waals surface area contributed by atoms with Gasteiger partial charge in [0.25, 0.3) is 0 Å². The Labute approximate surface area is 259 Å². The molecule has 0 spiro atoms. The molecule has 1 aliphatic carbocycles. The lowest BCUT2D eigenvalue weighted by Crippen LogP contribution is -2.17. The van der Waals surface area contributed by atoms with E-state index in [-0.39, 0.29) is 5.41 Å². The Kier molecular flexibility index (Phi) is 6.20. The predicted molar refractivity (Wildman–Crippen MR) is 187 cm³/mol. The third-order valence-electron chi connectivity index (χ3n) is 9.20. The Morgan fingerprint density at radius 1 is 0.409 bits per heavy atom. The number of para-hydroxylation sites is 1. The summed E-state index contributed by atoms with van der Waals surface area (Å²) in [4.78, 5) is 2.41. The summed E-state index contributed by atoms with van der Waals surface area (Å²) in [5.41, 5.74) is 13.7. The highest BCUT2D eigenvalue weighted by Crippen LogP contribution is 2.53. The number of anilines is 3. The van der Waals surface area contributed by atoms with Gasteiger partial charge < -0.3 is 4.90 Å². The van der Waals surface area contributed by atoms with Crippen molar-refractivity contribution in [1.29, 1.82) is 0 Å². The number of rotatable bonds is 5. The summed E-state index contributed by atoms with van der Waals surface area (Å²) in [6, 6.07) is 59.5. The van der Waals surface area contributed by atoms with Crippen molar-refractivity contribution in [3.63, 3.8) is 0 Å². The van der Waals surface area contributed by atoms with Gasteiger partial charge in [-0.05, 0) is 91.7 Å². The summed E-state index contributed by atoms with van der Waals surface area (Å²) < 4.78 is 0. The standard InChI is InChI=1S/C43H33N/c1-43(2)41-29-34(25-26-38(41)39-24-14-23-37(42(39)43)30-15-6-3-7-16-30)44(33-20-10-5-11-21-33)35-27-32-19-12-13-22-36(32)40(28-35)31-17-8-4-9-18-31/h3-29H,1-2H3. The Morgan fingerprint density at radius 3 is 1.75 bits per heavy atom. The molecule has 44 heavy (non-hydrogen) atoms. The van der Waals surface area contributed by atoms with Crippen LogP contribution in [0.4, 0.5) is 17.1 Å². The zero-order chi connectivity index (χ0) is 29.7. The average Bonchev–Trinajstić information content (AvgIpc) is 3.31. The van der Waals surface area contributed by atoms with Crippen LogP contribution >= 0.6 is 0 Å². The molecule has 1 aliphatic rings. The summed E-state index contributed by atoms with van der Waals surface area (Å²) in [5.74, 6) is 0. The lowest BCUT2D eigenvalue weighted by Gasteiger charge is -2.29. The quantitative estimate of drug-likeness (QED) is 0.201. The summed E-state index contributed by atoms with van der Waals surface area (Å²) in [7, 11) is 0. The van der Waals surface area contributed by atoms with Gasteiger partial charge in [0.05, 0.1) is 0 Å². The number of nitrogens with zero attached hydrogens (tertiary/aromatic N) is 1. The van der Waals surface area contributed by atoms with Crippen molar-refractivity contribution >= 4 is 27.8 Å². The lowest BCUT2D eigenvalue weighted by molar-refractivity contribution is 0.662.